The summed E-state index contributed by atoms with van der Waals surface area (Å²) >= 11 is 0. The molecule has 12 nitrogen and oxygen atoms in total. The predicted molar refractivity (Wildman–Crippen MR) is 126 cm³/mol. The Kier molecular flexibility index (Phi) is 6.44. The summed E-state index contributed by atoms with van der Waals surface area (Å²) in [6.45, 7) is 0.427. The number of nitrogens with zero attached hydrogens (tertiary/aromatic N) is 1. The van der Waals surface area contributed by atoms with Crippen LogP contribution in [-0.4, -0.2) is 86.6 Å². The second-order valence-corrected chi connectivity index (χ2v) is 10.3. The molecule has 2 heterocycles. The van der Waals surface area contributed by atoms with Gasteiger partial charge in [0.25, 0.3) is 0 Å². The third-order valence-corrected chi connectivity index (χ3v) is 8.30. The molecule has 0 unspecified atom stereocenters. The number of ether oxygens (including phenoxy) is 3. The number of likely N-dealkylation sites (N-methyl/N-ethyl adjacent to an activating group) is 1. The van der Waals surface area contributed by atoms with E-state index in [-0.39, 0.29) is 24.8 Å². The van der Waals surface area contributed by atoms with E-state index in [9.17, 15) is 29.4 Å². The highest BCUT2D eigenvalue weighted by atomic mass is 16.6. The molecule has 204 valence electrons. The molecule has 2 aliphatic heterocycles. The number of carboxylic acid groups (broad SMARTS) is 2. The van der Waals surface area contributed by atoms with Crippen molar-refractivity contribution in [2.75, 3.05) is 13.6 Å². The molecule has 0 radical (unpaired) electrons. The van der Waals surface area contributed by atoms with Crippen LogP contribution in [0.15, 0.2) is 24.0 Å². The van der Waals surface area contributed by atoms with E-state index in [4.69, 9.17) is 19.7 Å². The molecule has 2 bridgehead atoms. The number of rotatable bonds is 9. The molecular formula is C26H29NO11. The highest BCUT2D eigenvalue weighted by molar-refractivity contribution is 5.84. The average molecular weight is 532 g/mol. The van der Waals surface area contributed by atoms with Crippen LogP contribution in [0.1, 0.15) is 48.8 Å². The van der Waals surface area contributed by atoms with Gasteiger partial charge in [-0.05, 0) is 38.1 Å². The number of esters is 2. The largest absolute Gasteiger partial charge is 0.481 e. The molecule has 38 heavy (non-hydrogen) atoms. The number of piperidine rings is 1. The summed E-state index contributed by atoms with van der Waals surface area (Å²) in [4.78, 5) is 48.8. The minimum atomic E-state index is -1.86. The number of likely N-dealkylation sites (tertiary alicyclic amines) is 1. The second-order valence-electron chi connectivity index (χ2n) is 10.3. The van der Waals surface area contributed by atoms with Crippen LogP contribution in [0.5, 0.6) is 5.75 Å². The summed E-state index contributed by atoms with van der Waals surface area (Å²) in [5.41, 5.74) is 0.379. The number of aliphatic hydroxyl groups is 2. The lowest BCUT2D eigenvalue weighted by Gasteiger charge is -2.61. The lowest BCUT2D eigenvalue weighted by molar-refractivity contribution is -0.171. The van der Waals surface area contributed by atoms with Gasteiger partial charge in [0.15, 0.2) is 6.10 Å². The third-order valence-electron chi connectivity index (χ3n) is 8.30. The van der Waals surface area contributed by atoms with Gasteiger partial charge in [0.05, 0.1) is 36.9 Å². The first-order valence-electron chi connectivity index (χ1n) is 12.4. The summed E-state index contributed by atoms with van der Waals surface area (Å²) in [6, 6.07) is 3.57. The number of hydrogen-bond donors (Lipinski definition) is 4. The summed E-state index contributed by atoms with van der Waals surface area (Å²) in [6.07, 6.45) is -1.54. The van der Waals surface area contributed by atoms with Gasteiger partial charge in [0, 0.05) is 23.6 Å². The fourth-order valence-electron chi connectivity index (χ4n) is 6.57. The molecule has 0 saturated carbocycles. The molecule has 2 aliphatic carbocycles. The van der Waals surface area contributed by atoms with Gasteiger partial charge in [-0.25, -0.2) is 4.79 Å². The van der Waals surface area contributed by atoms with Gasteiger partial charge < -0.3 is 39.5 Å². The van der Waals surface area contributed by atoms with Crippen LogP contribution in [-0.2, 0) is 47.1 Å². The van der Waals surface area contributed by atoms with Crippen LogP contribution in [0.25, 0.3) is 0 Å². The fraction of sp³-hybridized carbons (Fsp3) is 0.538. The molecule has 5 rings (SSSR count). The molecule has 1 saturated heterocycles. The smallest absolute Gasteiger partial charge is 0.345 e. The first-order valence-corrected chi connectivity index (χ1v) is 12.4. The topological polar surface area (TPSA) is 180 Å². The molecule has 4 N–H and O–H groups in total. The van der Waals surface area contributed by atoms with Crippen LogP contribution in [0, 0.1) is 0 Å². The maximum atomic E-state index is 12.7. The Hall–Kier alpha value is -3.48. The van der Waals surface area contributed by atoms with Crippen LogP contribution >= 0.6 is 0 Å². The maximum absolute atomic E-state index is 12.7. The summed E-state index contributed by atoms with van der Waals surface area (Å²) in [7, 11) is 1.97. The Labute approximate surface area is 217 Å². The van der Waals surface area contributed by atoms with Gasteiger partial charge in [-0.3, -0.25) is 14.4 Å². The Morgan fingerprint density at radius 2 is 1.92 bits per heavy atom. The highest BCUT2D eigenvalue weighted by Crippen LogP contribution is 2.64. The quantitative estimate of drug-likeness (QED) is 0.320. The Morgan fingerprint density at radius 1 is 1.18 bits per heavy atom. The first kappa shape index (κ1) is 26.1. The molecule has 1 aromatic rings. The zero-order chi connectivity index (χ0) is 27.4. The molecule has 4 aliphatic rings. The monoisotopic (exact) mass is 531 g/mol. The van der Waals surface area contributed by atoms with Gasteiger partial charge in [0.2, 0.25) is 6.10 Å². The normalized spacial score (nSPS) is 29.4. The molecule has 1 fully saturated rings. The first-order chi connectivity index (χ1) is 18.0. The van der Waals surface area contributed by atoms with Gasteiger partial charge in [-0.2, -0.15) is 0 Å². The maximum Gasteiger partial charge on any atom is 0.345 e. The standard InChI is InChI=1S/C26H29NO11/c1-27-9-8-25-21-13-2-3-14(12-28)22(21)38-23(25)15(6-7-26(25,35)17(27)10-13)36-19(31)4-5-20(32)37-16(24(33)34)11-18(29)30/h2-3,6,16-17,23,28,35H,4-5,7-12H2,1H3,(H,29,30)(H,33,34)/t16-,17+,23-,25-,26+/m0/s1. The third kappa shape index (κ3) is 3.86. The van der Waals surface area contributed by atoms with Crippen molar-refractivity contribution < 1.29 is 53.8 Å². The van der Waals surface area contributed by atoms with Crippen molar-refractivity contribution in [3.63, 3.8) is 0 Å². The lowest BCUT2D eigenvalue weighted by Crippen LogP contribution is -2.74. The number of carboxylic acids is 2. The number of benzene rings is 1. The van der Waals surface area contributed by atoms with E-state index in [1.165, 1.54) is 0 Å². The molecule has 12 heteroatoms. The van der Waals surface area contributed by atoms with Crippen LogP contribution in [0.3, 0.4) is 0 Å². The number of carbonyl (C=O) groups is 4. The van der Waals surface area contributed by atoms with Gasteiger partial charge >= 0.3 is 23.9 Å². The number of carbonyl (C=O) groups excluding carboxylic acids is 2. The van der Waals surface area contributed by atoms with E-state index in [1.807, 2.05) is 13.1 Å². The minimum absolute atomic E-state index is 0.183. The van der Waals surface area contributed by atoms with Gasteiger partial charge in [0.1, 0.15) is 11.5 Å². The van der Waals surface area contributed by atoms with Crippen molar-refractivity contribution in [3.05, 3.63) is 40.7 Å². The predicted octanol–water partition coefficient (Wildman–Crippen LogP) is 0.251. The van der Waals surface area contributed by atoms with E-state index in [0.717, 1.165) is 11.1 Å². The van der Waals surface area contributed by atoms with Crippen molar-refractivity contribution in [1.29, 1.82) is 0 Å². The molecule has 0 aromatic heterocycles. The molecule has 1 aromatic carbocycles. The fourth-order valence-corrected chi connectivity index (χ4v) is 6.57. The number of aliphatic hydroxyl groups excluding tert-OH is 1. The van der Waals surface area contributed by atoms with E-state index < -0.39 is 66.4 Å². The minimum Gasteiger partial charge on any atom is -0.481 e. The summed E-state index contributed by atoms with van der Waals surface area (Å²) in [5, 5.41) is 39.9. The van der Waals surface area contributed by atoms with Crippen molar-refractivity contribution in [2.45, 2.75) is 74.4 Å². The Balaban J connectivity index is 1.35. The van der Waals surface area contributed by atoms with E-state index in [0.29, 0.717) is 30.7 Å². The van der Waals surface area contributed by atoms with Crippen molar-refractivity contribution in [3.8, 4) is 5.75 Å². The molecular weight excluding hydrogens is 502 g/mol. The Bertz CT molecular complexity index is 1240. The van der Waals surface area contributed by atoms with E-state index >= 15 is 0 Å². The average Bonchev–Trinajstić information content (AvgIpc) is 3.21. The van der Waals surface area contributed by atoms with E-state index in [2.05, 4.69) is 9.64 Å². The van der Waals surface area contributed by atoms with Gasteiger partial charge in [-0.15, -0.1) is 0 Å². The SMILES string of the molecule is CN1CC[C@]23c4c5ccc(CO)c4O[C@H]2C(OC(=O)CCC(=O)O[C@@H](CC(=O)O)C(=O)O)=CC[C@@]3(O)[C@H]1C5. The van der Waals surface area contributed by atoms with Crippen molar-refractivity contribution in [1.82, 2.24) is 4.90 Å². The van der Waals surface area contributed by atoms with E-state index in [1.54, 1.807) is 12.1 Å². The van der Waals surface area contributed by atoms with Crippen molar-refractivity contribution >= 4 is 23.9 Å². The van der Waals surface area contributed by atoms with Crippen LogP contribution < -0.4 is 4.74 Å². The zero-order valence-corrected chi connectivity index (χ0v) is 20.7. The molecule has 0 amide bonds. The van der Waals surface area contributed by atoms with Crippen LogP contribution in [0.4, 0.5) is 0 Å². The highest BCUT2D eigenvalue weighted by Gasteiger charge is 2.71. The zero-order valence-electron chi connectivity index (χ0n) is 20.7. The second kappa shape index (κ2) is 9.37. The number of hydrogen-bond acceptors (Lipinski definition) is 10. The number of aliphatic carboxylic acids is 2. The van der Waals surface area contributed by atoms with Gasteiger partial charge in [-0.1, -0.05) is 12.1 Å². The molecule has 1 spiro atoms. The summed E-state index contributed by atoms with van der Waals surface area (Å²) < 4.78 is 16.7. The Morgan fingerprint density at radius 3 is 2.61 bits per heavy atom. The summed E-state index contributed by atoms with van der Waals surface area (Å²) in [5.74, 6) is -4.18. The van der Waals surface area contributed by atoms with Crippen LogP contribution in [0.2, 0.25) is 0 Å². The molecule has 5 atom stereocenters. The lowest BCUT2D eigenvalue weighted by atomic mass is 9.50. The van der Waals surface area contributed by atoms with Crippen molar-refractivity contribution in [2.24, 2.45) is 0 Å².